The second-order valence-corrected chi connectivity index (χ2v) is 18.0. The largest absolute Gasteiger partial charge is 0.310 e. The first-order chi connectivity index (χ1) is 27.0. The second-order valence-electron chi connectivity index (χ2n) is 18.0. The quantitative estimate of drug-likeness (QED) is 0.166. The highest BCUT2D eigenvalue weighted by molar-refractivity contribution is 5.92. The molecule has 272 valence electrons. The maximum absolute atomic E-state index is 2.52. The Balaban J connectivity index is 0.995. The molecule has 0 spiro atoms. The van der Waals surface area contributed by atoms with Crippen molar-refractivity contribution >= 4 is 38.6 Å². The van der Waals surface area contributed by atoms with E-state index in [-0.39, 0.29) is 5.41 Å². The fourth-order valence-electron chi connectivity index (χ4n) is 11.5. The summed E-state index contributed by atoms with van der Waals surface area (Å²) >= 11 is 0. The Morgan fingerprint density at radius 2 is 1.11 bits per heavy atom. The molecule has 1 nitrogen and oxygen atoms in total. The molecule has 0 N–H and O–H groups in total. The minimum absolute atomic E-state index is 0.136. The zero-order chi connectivity index (χ0) is 36.7. The zero-order valence-electron chi connectivity index (χ0n) is 32.4. The molecule has 0 saturated heterocycles. The summed E-state index contributed by atoms with van der Waals surface area (Å²) in [5.74, 6) is 3.26. The number of rotatable bonds is 6. The van der Waals surface area contributed by atoms with Gasteiger partial charge in [-0.25, -0.2) is 0 Å². The zero-order valence-corrected chi connectivity index (χ0v) is 32.4. The first kappa shape index (κ1) is 33.2. The predicted octanol–water partition coefficient (Wildman–Crippen LogP) is 15.4. The van der Waals surface area contributed by atoms with Crippen molar-refractivity contribution in [1.82, 2.24) is 0 Å². The third-order valence-corrected chi connectivity index (χ3v) is 14.5. The molecule has 0 aliphatic heterocycles. The van der Waals surface area contributed by atoms with E-state index in [0.717, 1.165) is 17.8 Å². The standard InChI is InChI=1S/C54H51N/c1-54(2)52-33-43(42-17-14-37-10-6-7-11-40(37)30-42)21-26-49(52)50-27-25-48(34-53(50)54)55(46-22-19-39(20-23-46)51-29-35-12-13-44(51)28-35)47-24-18-38-15-16-41(31-45(38)32-47)36-8-4-3-5-9-36/h6-7,10-11,14-27,30-36,44,51H,3-5,8-9,12-13,28-29H2,1-2H3. The number of hydrogen-bond acceptors (Lipinski definition) is 1. The van der Waals surface area contributed by atoms with Crippen LogP contribution in [-0.2, 0) is 5.41 Å². The number of anilines is 3. The van der Waals surface area contributed by atoms with Crippen LogP contribution in [0.5, 0.6) is 0 Å². The lowest BCUT2D eigenvalue weighted by Crippen LogP contribution is -2.17. The van der Waals surface area contributed by atoms with Crippen LogP contribution in [0.1, 0.15) is 106 Å². The number of hydrogen-bond donors (Lipinski definition) is 0. The summed E-state index contributed by atoms with van der Waals surface area (Å²) in [7, 11) is 0. The molecule has 4 aliphatic carbocycles. The van der Waals surface area contributed by atoms with Crippen molar-refractivity contribution in [3.05, 3.63) is 162 Å². The van der Waals surface area contributed by atoms with Gasteiger partial charge in [0.05, 0.1) is 0 Å². The molecular weight excluding hydrogens is 663 g/mol. The van der Waals surface area contributed by atoms with Crippen molar-refractivity contribution in [3.63, 3.8) is 0 Å². The molecular formula is C54H51N. The molecule has 0 amide bonds. The average Bonchev–Trinajstić information content (AvgIpc) is 3.94. The molecule has 3 atom stereocenters. The van der Waals surface area contributed by atoms with Crippen LogP contribution >= 0.6 is 0 Å². The summed E-state index contributed by atoms with van der Waals surface area (Å²) in [6.07, 6.45) is 12.4. The van der Waals surface area contributed by atoms with Gasteiger partial charge < -0.3 is 4.90 Å². The molecule has 3 fully saturated rings. The Morgan fingerprint density at radius 3 is 1.91 bits per heavy atom. The van der Waals surface area contributed by atoms with E-state index in [2.05, 4.69) is 158 Å². The van der Waals surface area contributed by atoms with E-state index < -0.39 is 0 Å². The first-order valence-corrected chi connectivity index (χ1v) is 21.2. The van der Waals surface area contributed by atoms with Gasteiger partial charge in [-0.05, 0) is 170 Å². The van der Waals surface area contributed by atoms with Gasteiger partial charge in [-0.15, -0.1) is 0 Å². The molecule has 0 aromatic heterocycles. The predicted molar refractivity (Wildman–Crippen MR) is 233 cm³/mol. The smallest absolute Gasteiger partial charge is 0.0468 e. The molecule has 7 aromatic carbocycles. The lowest BCUT2D eigenvalue weighted by atomic mass is 9.81. The van der Waals surface area contributed by atoms with Crippen molar-refractivity contribution in [3.8, 4) is 22.3 Å². The third-order valence-electron chi connectivity index (χ3n) is 14.5. The lowest BCUT2D eigenvalue weighted by molar-refractivity contribution is 0.420. The normalized spacial score (nSPS) is 21.2. The summed E-state index contributed by atoms with van der Waals surface area (Å²) in [5.41, 5.74) is 14.7. The molecule has 0 heterocycles. The Kier molecular flexibility index (Phi) is 7.84. The molecule has 3 unspecified atom stereocenters. The van der Waals surface area contributed by atoms with Gasteiger partial charge in [0.25, 0.3) is 0 Å². The molecule has 11 rings (SSSR count). The summed E-state index contributed by atoms with van der Waals surface area (Å²) in [6.45, 7) is 4.84. The van der Waals surface area contributed by atoms with Gasteiger partial charge in [-0.3, -0.25) is 0 Å². The Bertz CT molecular complexity index is 2580. The summed E-state index contributed by atoms with van der Waals surface area (Å²) in [6, 6.07) is 54.1. The van der Waals surface area contributed by atoms with E-state index in [1.165, 1.54) is 135 Å². The Morgan fingerprint density at radius 1 is 0.473 bits per heavy atom. The van der Waals surface area contributed by atoms with Gasteiger partial charge in [0.15, 0.2) is 0 Å². The van der Waals surface area contributed by atoms with Crippen molar-refractivity contribution in [2.45, 2.75) is 88.9 Å². The van der Waals surface area contributed by atoms with Gasteiger partial charge in [-0.1, -0.05) is 131 Å². The van der Waals surface area contributed by atoms with Gasteiger partial charge in [0.2, 0.25) is 0 Å². The number of fused-ring (bicyclic) bond motifs is 7. The Labute approximate surface area is 327 Å². The maximum Gasteiger partial charge on any atom is 0.0468 e. The van der Waals surface area contributed by atoms with Gasteiger partial charge in [0, 0.05) is 22.5 Å². The van der Waals surface area contributed by atoms with Crippen molar-refractivity contribution in [2.24, 2.45) is 11.8 Å². The van der Waals surface area contributed by atoms with Gasteiger partial charge in [-0.2, -0.15) is 0 Å². The second kappa shape index (κ2) is 13.0. The van der Waals surface area contributed by atoms with E-state index in [1.807, 2.05) is 0 Å². The van der Waals surface area contributed by atoms with E-state index in [9.17, 15) is 0 Å². The SMILES string of the molecule is CC1(C)c2cc(-c3ccc4ccccc4c3)ccc2-c2ccc(N(c3ccc(C4CC5CCC4C5)cc3)c3ccc4ccc(C5CCCCC5)cc4c3)cc21. The van der Waals surface area contributed by atoms with Crippen molar-refractivity contribution in [2.75, 3.05) is 4.90 Å². The van der Waals surface area contributed by atoms with Crippen LogP contribution in [0.15, 0.2) is 140 Å². The maximum atomic E-state index is 2.52. The molecule has 3 saturated carbocycles. The number of benzene rings is 7. The van der Waals surface area contributed by atoms with Crippen LogP contribution < -0.4 is 4.90 Å². The summed E-state index contributed by atoms with van der Waals surface area (Å²) < 4.78 is 0. The van der Waals surface area contributed by atoms with Crippen molar-refractivity contribution in [1.29, 1.82) is 0 Å². The van der Waals surface area contributed by atoms with Crippen LogP contribution in [0.2, 0.25) is 0 Å². The molecule has 55 heavy (non-hydrogen) atoms. The van der Waals surface area contributed by atoms with Crippen LogP contribution in [0.4, 0.5) is 17.1 Å². The lowest BCUT2D eigenvalue weighted by Gasteiger charge is -2.29. The topological polar surface area (TPSA) is 3.24 Å². The highest BCUT2D eigenvalue weighted by Crippen LogP contribution is 2.54. The monoisotopic (exact) mass is 713 g/mol. The van der Waals surface area contributed by atoms with Crippen LogP contribution in [-0.4, -0.2) is 0 Å². The fourth-order valence-corrected chi connectivity index (χ4v) is 11.5. The van der Waals surface area contributed by atoms with Crippen LogP contribution in [0.3, 0.4) is 0 Å². The van der Waals surface area contributed by atoms with Gasteiger partial charge >= 0.3 is 0 Å². The molecule has 1 heteroatoms. The van der Waals surface area contributed by atoms with Crippen molar-refractivity contribution < 1.29 is 0 Å². The molecule has 7 aromatic rings. The van der Waals surface area contributed by atoms with Crippen LogP contribution in [0, 0.1) is 11.8 Å². The fraction of sp³-hybridized carbons (Fsp3) is 0.296. The highest BCUT2D eigenvalue weighted by atomic mass is 15.1. The van der Waals surface area contributed by atoms with Crippen LogP contribution in [0.25, 0.3) is 43.8 Å². The molecule has 0 radical (unpaired) electrons. The average molecular weight is 714 g/mol. The van der Waals surface area contributed by atoms with E-state index in [4.69, 9.17) is 0 Å². The first-order valence-electron chi connectivity index (χ1n) is 21.2. The minimum Gasteiger partial charge on any atom is -0.310 e. The minimum atomic E-state index is -0.136. The molecule has 2 bridgehead atoms. The molecule has 4 aliphatic rings. The van der Waals surface area contributed by atoms with E-state index in [0.29, 0.717) is 5.92 Å². The summed E-state index contributed by atoms with van der Waals surface area (Å²) in [5, 5.41) is 5.24. The number of nitrogens with zero attached hydrogens (tertiary/aromatic N) is 1. The highest BCUT2D eigenvalue weighted by Gasteiger charge is 2.40. The Hall–Kier alpha value is -5.14. The van der Waals surface area contributed by atoms with Gasteiger partial charge in [0.1, 0.15) is 0 Å². The summed E-state index contributed by atoms with van der Waals surface area (Å²) in [4.78, 5) is 2.52. The van der Waals surface area contributed by atoms with E-state index in [1.54, 1.807) is 5.56 Å². The third kappa shape index (κ3) is 5.65. The van der Waals surface area contributed by atoms with E-state index >= 15 is 0 Å².